The van der Waals surface area contributed by atoms with Crippen molar-refractivity contribution in [3.63, 3.8) is 0 Å². The highest BCUT2D eigenvalue weighted by Crippen LogP contribution is 2.17. The molecule has 0 bridgehead atoms. The molecule has 1 aromatic rings. The molecule has 0 aliphatic carbocycles. The van der Waals surface area contributed by atoms with Crippen LogP contribution in [0, 0.1) is 11.7 Å². The van der Waals surface area contributed by atoms with Gasteiger partial charge in [0.1, 0.15) is 5.82 Å². The minimum Gasteiger partial charge on any atom is -0.481 e. The third-order valence-corrected chi connectivity index (χ3v) is 2.34. The van der Waals surface area contributed by atoms with Crippen LogP contribution in [0.5, 0.6) is 0 Å². The van der Waals surface area contributed by atoms with E-state index in [0.29, 0.717) is 12.8 Å². The zero-order valence-electron chi connectivity index (χ0n) is 9.24. The molecule has 0 heterocycles. The van der Waals surface area contributed by atoms with Gasteiger partial charge in [0.2, 0.25) is 0 Å². The second-order valence-electron chi connectivity index (χ2n) is 4.03. The first-order valence-corrected chi connectivity index (χ1v) is 5.10. The highest BCUT2D eigenvalue weighted by Gasteiger charge is 2.17. The first-order chi connectivity index (χ1) is 7.49. The maximum absolute atomic E-state index is 12.7. The smallest absolute Gasteiger partial charge is 0.307 e. The van der Waals surface area contributed by atoms with Crippen molar-refractivity contribution in [2.75, 3.05) is 0 Å². The van der Waals surface area contributed by atoms with Crippen LogP contribution in [0.2, 0.25) is 0 Å². The van der Waals surface area contributed by atoms with E-state index in [1.165, 1.54) is 12.1 Å². The average molecular weight is 222 g/mol. The van der Waals surface area contributed by atoms with Crippen LogP contribution in [-0.4, -0.2) is 11.1 Å². The van der Waals surface area contributed by atoms with E-state index >= 15 is 0 Å². The number of allylic oxidation sites excluding steroid dienone is 1. The zero-order valence-corrected chi connectivity index (χ0v) is 9.24. The number of aliphatic carboxylic acids is 1. The van der Waals surface area contributed by atoms with Crippen molar-refractivity contribution < 1.29 is 14.3 Å². The van der Waals surface area contributed by atoms with Gasteiger partial charge in [0.05, 0.1) is 5.92 Å². The number of benzene rings is 1. The van der Waals surface area contributed by atoms with E-state index in [-0.39, 0.29) is 5.82 Å². The molecule has 1 rings (SSSR count). The number of carboxylic acids is 1. The summed E-state index contributed by atoms with van der Waals surface area (Å²) in [6.45, 7) is 5.52. The molecular formula is C13H15FO2. The molecule has 0 aliphatic heterocycles. The van der Waals surface area contributed by atoms with Crippen LogP contribution in [-0.2, 0) is 11.2 Å². The summed E-state index contributed by atoms with van der Waals surface area (Å²) in [4.78, 5) is 11.0. The number of hydrogen-bond donors (Lipinski definition) is 1. The van der Waals surface area contributed by atoms with Crippen LogP contribution in [0.4, 0.5) is 4.39 Å². The molecule has 0 aromatic heterocycles. The van der Waals surface area contributed by atoms with E-state index in [9.17, 15) is 9.18 Å². The maximum Gasteiger partial charge on any atom is 0.307 e. The fraction of sp³-hybridized carbons (Fsp3) is 0.308. The number of carbonyl (C=O) groups is 1. The molecule has 0 amide bonds. The molecule has 3 heteroatoms. The molecule has 0 radical (unpaired) electrons. The Bertz CT molecular complexity index is 381. The second kappa shape index (κ2) is 5.45. The minimum atomic E-state index is -0.840. The molecule has 0 saturated heterocycles. The number of halogens is 1. The second-order valence-corrected chi connectivity index (χ2v) is 4.03. The van der Waals surface area contributed by atoms with E-state index in [0.717, 1.165) is 11.1 Å². The molecule has 2 nitrogen and oxygen atoms in total. The molecule has 0 saturated carbocycles. The lowest BCUT2D eigenvalue weighted by Gasteiger charge is -2.12. The SMILES string of the molecule is C=C(C)CC(Cc1ccc(F)cc1)C(=O)O. The largest absolute Gasteiger partial charge is 0.481 e. The Labute approximate surface area is 94.4 Å². The van der Waals surface area contributed by atoms with Gasteiger partial charge < -0.3 is 5.11 Å². The molecule has 1 aromatic carbocycles. The molecule has 1 N–H and O–H groups in total. The van der Waals surface area contributed by atoms with Crippen molar-refractivity contribution in [3.8, 4) is 0 Å². The Hall–Kier alpha value is -1.64. The number of carboxylic acid groups (broad SMARTS) is 1. The lowest BCUT2D eigenvalue weighted by atomic mass is 9.93. The standard InChI is InChI=1S/C13H15FO2/c1-9(2)7-11(13(15)16)8-10-3-5-12(14)6-4-10/h3-6,11H,1,7-8H2,2H3,(H,15,16). The fourth-order valence-corrected chi connectivity index (χ4v) is 1.57. The van der Waals surface area contributed by atoms with Crippen LogP contribution < -0.4 is 0 Å². The van der Waals surface area contributed by atoms with Gasteiger partial charge in [-0.25, -0.2) is 4.39 Å². The van der Waals surface area contributed by atoms with Crippen LogP contribution in [0.15, 0.2) is 36.4 Å². The molecule has 1 atom stereocenters. The summed E-state index contributed by atoms with van der Waals surface area (Å²) >= 11 is 0. The lowest BCUT2D eigenvalue weighted by molar-refractivity contribution is -0.141. The Morgan fingerprint density at radius 1 is 1.44 bits per heavy atom. The zero-order chi connectivity index (χ0) is 12.1. The molecule has 0 aliphatic rings. The van der Waals surface area contributed by atoms with Crippen LogP contribution in [0.3, 0.4) is 0 Å². The highest BCUT2D eigenvalue weighted by atomic mass is 19.1. The topological polar surface area (TPSA) is 37.3 Å². The molecule has 0 fully saturated rings. The summed E-state index contributed by atoms with van der Waals surface area (Å²) in [5.74, 6) is -1.63. The van der Waals surface area contributed by atoms with Crippen LogP contribution in [0.25, 0.3) is 0 Å². The van der Waals surface area contributed by atoms with E-state index in [1.54, 1.807) is 19.1 Å². The van der Waals surface area contributed by atoms with Gasteiger partial charge in [-0.2, -0.15) is 0 Å². The van der Waals surface area contributed by atoms with Gasteiger partial charge in [0.25, 0.3) is 0 Å². The van der Waals surface area contributed by atoms with Gasteiger partial charge in [0, 0.05) is 0 Å². The normalized spacial score (nSPS) is 12.1. The van der Waals surface area contributed by atoms with Crippen molar-refractivity contribution >= 4 is 5.97 Å². The Morgan fingerprint density at radius 3 is 2.44 bits per heavy atom. The summed E-state index contributed by atoms with van der Waals surface area (Å²) < 4.78 is 12.7. The monoisotopic (exact) mass is 222 g/mol. The summed E-state index contributed by atoms with van der Waals surface area (Å²) in [7, 11) is 0. The fourth-order valence-electron chi connectivity index (χ4n) is 1.57. The van der Waals surface area contributed by atoms with Crippen molar-refractivity contribution in [1.82, 2.24) is 0 Å². The summed E-state index contributed by atoms with van der Waals surface area (Å²) in [6, 6.07) is 5.91. The Kier molecular flexibility index (Phi) is 4.23. The third kappa shape index (κ3) is 3.85. The van der Waals surface area contributed by atoms with Gasteiger partial charge in [-0.3, -0.25) is 4.79 Å². The van der Waals surface area contributed by atoms with Crippen LogP contribution in [0.1, 0.15) is 18.9 Å². The first kappa shape index (κ1) is 12.4. The van der Waals surface area contributed by atoms with Crippen molar-refractivity contribution in [3.05, 3.63) is 47.8 Å². The minimum absolute atomic E-state index is 0.310. The van der Waals surface area contributed by atoms with Gasteiger partial charge in [-0.15, -0.1) is 6.58 Å². The van der Waals surface area contributed by atoms with E-state index in [1.807, 2.05) is 0 Å². The van der Waals surface area contributed by atoms with E-state index in [2.05, 4.69) is 6.58 Å². The quantitative estimate of drug-likeness (QED) is 0.777. The number of rotatable bonds is 5. The van der Waals surface area contributed by atoms with Crippen molar-refractivity contribution in [1.29, 1.82) is 0 Å². The van der Waals surface area contributed by atoms with Gasteiger partial charge in [0.15, 0.2) is 0 Å². The predicted molar refractivity (Wildman–Crippen MR) is 60.7 cm³/mol. The summed E-state index contributed by atoms with van der Waals surface area (Å²) in [6.07, 6.45) is 0.856. The summed E-state index contributed by atoms with van der Waals surface area (Å²) in [5.41, 5.74) is 1.67. The first-order valence-electron chi connectivity index (χ1n) is 5.10. The molecule has 1 unspecified atom stereocenters. The molecule has 0 spiro atoms. The third-order valence-electron chi connectivity index (χ3n) is 2.34. The maximum atomic E-state index is 12.7. The van der Waals surface area contributed by atoms with Crippen LogP contribution >= 0.6 is 0 Å². The molecule has 86 valence electrons. The average Bonchev–Trinajstić information content (AvgIpc) is 2.19. The Morgan fingerprint density at radius 2 is 2.00 bits per heavy atom. The van der Waals surface area contributed by atoms with Crippen molar-refractivity contribution in [2.24, 2.45) is 5.92 Å². The lowest BCUT2D eigenvalue weighted by Crippen LogP contribution is -2.16. The van der Waals surface area contributed by atoms with Gasteiger partial charge in [-0.1, -0.05) is 17.7 Å². The van der Waals surface area contributed by atoms with E-state index < -0.39 is 11.9 Å². The van der Waals surface area contributed by atoms with Crippen molar-refractivity contribution in [2.45, 2.75) is 19.8 Å². The van der Waals surface area contributed by atoms with Gasteiger partial charge in [-0.05, 0) is 37.5 Å². The highest BCUT2D eigenvalue weighted by molar-refractivity contribution is 5.70. The summed E-state index contributed by atoms with van der Waals surface area (Å²) in [5, 5.41) is 9.02. The Balaban J connectivity index is 2.71. The number of hydrogen-bond acceptors (Lipinski definition) is 1. The predicted octanol–water partition coefficient (Wildman–Crippen LogP) is 3.04. The van der Waals surface area contributed by atoms with Gasteiger partial charge >= 0.3 is 5.97 Å². The molecular weight excluding hydrogens is 207 g/mol. The van der Waals surface area contributed by atoms with E-state index in [4.69, 9.17) is 5.11 Å². The molecule has 16 heavy (non-hydrogen) atoms.